The summed E-state index contributed by atoms with van der Waals surface area (Å²) in [7, 11) is 0. The zero-order valence-electron chi connectivity index (χ0n) is 11.3. The topological polar surface area (TPSA) is 46.5 Å². The van der Waals surface area contributed by atoms with Crippen LogP contribution in [0, 0.1) is 11.8 Å². The van der Waals surface area contributed by atoms with E-state index in [4.69, 9.17) is 9.84 Å². The largest absolute Gasteiger partial charge is 0.396 e. The standard InChI is InChI=1S/C16H20O3/c1-14(7-5-10-16(18)11-6-12-17)19-13-15-8-3-2-4-9-15/h2-4,8-9,14,17H,6-7,11-13H2,1H3/t14-/m0/s1. The van der Waals surface area contributed by atoms with Crippen molar-refractivity contribution in [3.05, 3.63) is 35.9 Å². The summed E-state index contributed by atoms with van der Waals surface area (Å²) in [6.45, 7) is 2.53. The summed E-state index contributed by atoms with van der Waals surface area (Å²) in [6.07, 6.45) is 1.34. The Morgan fingerprint density at radius 3 is 2.79 bits per heavy atom. The third-order valence-corrected chi connectivity index (χ3v) is 2.56. The lowest BCUT2D eigenvalue weighted by molar-refractivity contribution is -0.114. The highest BCUT2D eigenvalue weighted by Gasteiger charge is 2.01. The van der Waals surface area contributed by atoms with Crippen LogP contribution in [0.3, 0.4) is 0 Å². The van der Waals surface area contributed by atoms with Crippen molar-refractivity contribution in [3.63, 3.8) is 0 Å². The molecule has 1 atom stereocenters. The van der Waals surface area contributed by atoms with Crippen molar-refractivity contribution in [1.29, 1.82) is 0 Å². The number of aliphatic hydroxyl groups is 1. The molecular weight excluding hydrogens is 240 g/mol. The minimum Gasteiger partial charge on any atom is -0.396 e. The molecule has 3 nitrogen and oxygen atoms in total. The number of hydrogen-bond acceptors (Lipinski definition) is 3. The first-order valence-corrected chi connectivity index (χ1v) is 6.50. The maximum absolute atomic E-state index is 11.2. The minimum absolute atomic E-state index is 0.00153. The van der Waals surface area contributed by atoms with Crippen LogP contribution < -0.4 is 0 Å². The number of benzene rings is 1. The summed E-state index contributed by atoms with van der Waals surface area (Å²) >= 11 is 0. The Hall–Kier alpha value is -1.63. The van der Waals surface area contributed by atoms with Crippen LogP contribution in [0.1, 0.15) is 31.7 Å². The second kappa shape index (κ2) is 9.32. The Kier molecular flexibility index (Phi) is 7.57. The molecule has 0 aromatic heterocycles. The van der Waals surface area contributed by atoms with Gasteiger partial charge in [0.15, 0.2) is 0 Å². The lowest BCUT2D eigenvalue weighted by Crippen LogP contribution is -2.07. The molecule has 0 bridgehead atoms. The smallest absolute Gasteiger partial charge is 0.205 e. The molecule has 0 saturated carbocycles. The second-order valence-corrected chi connectivity index (χ2v) is 4.36. The number of hydrogen-bond donors (Lipinski definition) is 1. The first-order valence-electron chi connectivity index (χ1n) is 6.50. The maximum Gasteiger partial charge on any atom is 0.205 e. The Balaban J connectivity index is 2.23. The van der Waals surface area contributed by atoms with E-state index in [1.54, 1.807) is 0 Å². The first kappa shape index (κ1) is 15.4. The SMILES string of the molecule is C[C@@H](CC#CC(=O)CCCO)OCc1ccccc1. The average molecular weight is 260 g/mol. The molecule has 0 saturated heterocycles. The average Bonchev–Trinajstić information content (AvgIpc) is 2.44. The summed E-state index contributed by atoms with van der Waals surface area (Å²) < 4.78 is 5.64. The highest BCUT2D eigenvalue weighted by molar-refractivity contribution is 5.95. The molecule has 3 heteroatoms. The molecule has 102 valence electrons. The number of carbonyl (C=O) groups is 1. The molecule has 1 N–H and O–H groups in total. The summed E-state index contributed by atoms with van der Waals surface area (Å²) in [4.78, 5) is 11.2. The molecule has 0 amide bonds. The lowest BCUT2D eigenvalue weighted by atomic mass is 10.2. The lowest BCUT2D eigenvalue weighted by Gasteiger charge is -2.09. The molecule has 0 aliphatic rings. The Labute approximate surface area is 114 Å². The van der Waals surface area contributed by atoms with Crippen LogP contribution in [0.5, 0.6) is 0 Å². The van der Waals surface area contributed by atoms with E-state index in [9.17, 15) is 4.79 Å². The molecular formula is C16H20O3. The van der Waals surface area contributed by atoms with E-state index >= 15 is 0 Å². The van der Waals surface area contributed by atoms with Gasteiger partial charge in [-0.15, -0.1) is 0 Å². The van der Waals surface area contributed by atoms with E-state index in [-0.39, 0.29) is 18.5 Å². The van der Waals surface area contributed by atoms with Crippen molar-refractivity contribution in [2.24, 2.45) is 0 Å². The van der Waals surface area contributed by atoms with Crippen LogP contribution in [-0.2, 0) is 16.1 Å². The molecule has 0 radical (unpaired) electrons. The summed E-state index contributed by atoms with van der Waals surface area (Å²) in [5, 5.41) is 8.59. The fraction of sp³-hybridized carbons (Fsp3) is 0.438. The highest BCUT2D eigenvalue weighted by Crippen LogP contribution is 2.04. The molecule has 0 aliphatic heterocycles. The van der Waals surface area contributed by atoms with E-state index < -0.39 is 0 Å². The molecule has 19 heavy (non-hydrogen) atoms. The van der Waals surface area contributed by atoms with Gasteiger partial charge in [0.05, 0.1) is 12.7 Å². The predicted octanol–water partition coefficient (Wildman–Crippen LogP) is 2.33. The minimum atomic E-state index is -0.121. The Bertz CT molecular complexity index is 428. The maximum atomic E-state index is 11.2. The molecule has 1 aromatic carbocycles. The van der Waals surface area contributed by atoms with Gasteiger partial charge in [0.1, 0.15) is 0 Å². The molecule has 1 aromatic rings. The summed E-state index contributed by atoms with van der Waals surface area (Å²) in [6, 6.07) is 9.94. The Morgan fingerprint density at radius 2 is 2.11 bits per heavy atom. The zero-order chi connectivity index (χ0) is 13.9. The summed E-state index contributed by atoms with van der Waals surface area (Å²) in [5.74, 6) is 5.27. The number of ether oxygens (including phenoxy) is 1. The molecule has 0 aliphatic carbocycles. The monoisotopic (exact) mass is 260 g/mol. The number of aliphatic hydroxyl groups excluding tert-OH is 1. The van der Waals surface area contributed by atoms with Gasteiger partial charge in [-0.05, 0) is 24.8 Å². The normalized spacial score (nSPS) is 11.5. The quantitative estimate of drug-likeness (QED) is 0.604. The van der Waals surface area contributed by atoms with Gasteiger partial charge < -0.3 is 9.84 Å². The third-order valence-electron chi connectivity index (χ3n) is 2.56. The van der Waals surface area contributed by atoms with Crippen molar-refractivity contribution in [2.45, 2.75) is 38.9 Å². The Morgan fingerprint density at radius 1 is 1.37 bits per heavy atom. The van der Waals surface area contributed by atoms with Crippen LogP contribution in [0.25, 0.3) is 0 Å². The van der Waals surface area contributed by atoms with E-state index in [2.05, 4.69) is 11.8 Å². The van der Waals surface area contributed by atoms with E-state index in [1.165, 1.54) is 0 Å². The van der Waals surface area contributed by atoms with Crippen molar-refractivity contribution in [1.82, 2.24) is 0 Å². The van der Waals surface area contributed by atoms with Crippen LogP contribution in [0.15, 0.2) is 30.3 Å². The van der Waals surface area contributed by atoms with Gasteiger partial charge in [-0.25, -0.2) is 0 Å². The fourth-order valence-electron chi connectivity index (χ4n) is 1.47. The number of Topliss-reactive ketones (excluding diaryl/α,β-unsaturated/α-hetero) is 1. The second-order valence-electron chi connectivity index (χ2n) is 4.36. The van der Waals surface area contributed by atoms with Gasteiger partial charge >= 0.3 is 0 Å². The van der Waals surface area contributed by atoms with Crippen molar-refractivity contribution < 1.29 is 14.6 Å². The molecule has 0 fully saturated rings. The number of rotatable bonds is 7. The van der Waals surface area contributed by atoms with Crippen molar-refractivity contribution >= 4 is 5.78 Å². The molecule has 1 rings (SSSR count). The van der Waals surface area contributed by atoms with Crippen LogP contribution in [0.4, 0.5) is 0 Å². The van der Waals surface area contributed by atoms with Crippen molar-refractivity contribution in [3.8, 4) is 11.8 Å². The predicted molar refractivity (Wildman–Crippen MR) is 74.4 cm³/mol. The van der Waals surface area contributed by atoms with Gasteiger partial charge in [-0.2, -0.15) is 0 Å². The van der Waals surface area contributed by atoms with Crippen LogP contribution >= 0.6 is 0 Å². The van der Waals surface area contributed by atoms with Gasteiger partial charge in [0.2, 0.25) is 5.78 Å². The molecule has 0 unspecified atom stereocenters. The molecule has 0 spiro atoms. The fourth-order valence-corrected chi connectivity index (χ4v) is 1.47. The van der Waals surface area contributed by atoms with Gasteiger partial charge in [0, 0.05) is 19.4 Å². The van der Waals surface area contributed by atoms with Gasteiger partial charge in [-0.1, -0.05) is 36.3 Å². The van der Waals surface area contributed by atoms with Gasteiger partial charge in [0.25, 0.3) is 0 Å². The summed E-state index contributed by atoms with van der Waals surface area (Å²) in [5.41, 5.74) is 1.13. The third kappa shape index (κ3) is 7.40. The van der Waals surface area contributed by atoms with Crippen LogP contribution in [0.2, 0.25) is 0 Å². The van der Waals surface area contributed by atoms with Gasteiger partial charge in [-0.3, -0.25) is 4.79 Å². The van der Waals surface area contributed by atoms with E-state index in [0.717, 1.165) is 5.56 Å². The first-order chi connectivity index (χ1) is 9.22. The number of carbonyl (C=O) groups excluding carboxylic acids is 1. The van der Waals surface area contributed by atoms with Crippen molar-refractivity contribution in [2.75, 3.05) is 6.61 Å². The zero-order valence-corrected chi connectivity index (χ0v) is 11.3. The van der Waals surface area contributed by atoms with E-state index in [0.29, 0.717) is 25.9 Å². The highest BCUT2D eigenvalue weighted by atomic mass is 16.5. The number of ketones is 1. The van der Waals surface area contributed by atoms with E-state index in [1.807, 2.05) is 37.3 Å². The molecule has 0 heterocycles. The van der Waals surface area contributed by atoms with Crippen LogP contribution in [-0.4, -0.2) is 23.6 Å².